The van der Waals surface area contributed by atoms with Crippen LogP contribution in [0.3, 0.4) is 0 Å². The maximum Gasteiger partial charge on any atom is 0.231 e. The van der Waals surface area contributed by atoms with Crippen LogP contribution in [0.15, 0.2) is 48.5 Å². The molecular weight excluding hydrogens is 310 g/mol. The van der Waals surface area contributed by atoms with Gasteiger partial charge in [-0.1, -0.05) is 36.4 Å². The van der Waals surface area contributed by atoms with Crippen LogP contribution < -0.4 is 9.47 Å². The smallest absolute Gasteiger partial charge is 0.231 e. The summed E-state index contributed by atoms with van der Waals surface area (Å²) in [7, 11) is 0. The van der Waals surface area contributed by atoms with E-state index in [1.165, 1.54) is 0 Å². The van der Waals surface area contributed by atoms with E-state index >= 15 is 0 Å². The number of carbonyl (C=O) groups excluding carboxylic acids is 1. The highest BCUT2D eigenvalue weighted by molar-refractivity contribution is 7.99. The number of thioether (sulfide) groups is 1. The van der Waals surface area contributed by atoms with Crippen LogP contribution in [0.1, 0.15) is 16.5 Å². The third kappa shape index (κ3) is 2.88. The lowest BCUT2D eigenvalue weighted by Gasteiger charge is -2.24. The highest BCUT2D eigenvalue weighted by atomic mass is 32.2. The number of hydrogen-bond donors (Lipinski definition) is 0. The van der Waals surface area contributed by atoms with Gasteiger partial charge in [-0.25, -0.2) is 0 Å². The van der Waals surface area contributed by atoms with Crippen LogP contribution in [0.2, 0.25) is 0 Å². The molecule has 1 amide bonds. The predicted molar refractivity (Wildman–Crippen MR) is 89.6 cm³/mol. The third-order valence-corrected chi connectivity index (χ3v) is 5.35. The van der Waals surface area contributed by atoms with Crippen LogP contribution in [0.4, 0.5) is 0 Å². The van der Waals surface area contributed by atoms with Crippen molar-refractivity contribution in [1.29, 1.82) is 0 Å². The lowest BCUT2D eigenvalue weighted by molar-refractivity contribution is -0.130. The molecular formula is C18H17NO3S. The molecule has 2 aliphatic rings. The van der Waals surface area contributed by atoms with Crippen LogP contribution in [0, 0.1) is 0 Å². The molecule has 1 unspecified atom stereocenters. The van der Waals surface area contributed by atoms with Crippen molar-refractivity contribution in [1.82, 2.24) is 4.90 Å². The van der Waals surface area contributed by atoms with Crippen LogP contribution in [-0.2, 0) is 11.2 Å². The van der Waals surface area contributed by atoms with E-state index in [1.807, 2.05) is 53.4 Å². The molecule has 0 spiro atoms. The first-order valence-corrected chi connectivity index (χ1v) is 8.71. The van der Waals surface area contributed by atoms with E-state index in [0.717, 1.165) is 34.9 Å². The Bertz CT molecular complexity index is 719. The Labute approximate surface area is 139 Å². The molecule has 2 aromatic rings. The Kier molecular flexibility index (Phi) is 3.87. The summed E-state index contributed by atoms with van der Waals surface area (Å²) < 4.78 is 10.8. The third-order valence-electron chi connectivity index (χ3n) is 4.09. The summed E-state index contributed by atoms with van der Waals surface area (Å²) in [4.78, 5) is 14.7. The zero-order chi connectivity index (χ0) is 15.6. The molecule has 1 atom stereocenters. The fraction of sp³-hybridized carbons (Fsp3) is 0.278. The maximum absolute atomic E-state index is 12.7. The van der Waals surface area contributed by atoms with Gasteiger partial charge in [-0.2, -0.15) is 0 Å². The molecule has 4 rings (SSSR count). The van der Waals surface area contributed by atoms with Crippen molar-refractivity contribution in [2.24, 2.45) is 0 Å². The monoisotopic (exact) mass is 327 g/mol. The molecule has 0 bridgehead atoms. The summed E-state index contributed by atoms with van der Waals surface area (Å²) in [6.07, 6.45) is 0.447. The quantitative estimate of drug-likeness (QED) is 0.867. The minimum atomic E-state index is 0.0562. The van der Waals surface area contributed by atoms with E-state index in [-0.39, 0.29) is 18.1 Å². The molecule has 2 aromatic carbocycles. The summed E-state index contributed by atoms with van der Waals surface area (Å²) in [5.41, 5.74) is 2.15. The van der Waals surface area contributed by atoms with Gasteiger partial charge in [-0.3, -0.25) is 4.79 Å². The number of carbonyl (C=O) groups is 1. The van der Waals surface area contributed by atoms with Gasteiger partial charge in [0.1, 0.15) is 5.37 Å². The molecule has 118 valence electrons. The van der Waals surface area contributed by atoms with E-state index in [2.05, 4.69) is 0 Å². The normalized spacial score (nSPS) is 19.1. The standard InChI is InChI=1S/C18H17NO3S/c20-17(10-13-4-2-1-3-5-13)19-8-9-23-18(19)14-6-7-15-16(11-14)22-12-21-15/h1-7,11,18H,8-10,12H2. The Balaban J connectivity index is 1.53. The average Bonchev–Trinajstić information content (AvgIpc) is 3.24. The van der Waals surface area contributed by atoms with Crippen molar-refractivity contribution in [3.63, 3.8) is 0 Å². The van der Waals surface area contributed by atoms with E-state index < -0.39 is 0 Å². The Hall–Kier alpha value is -2.14. The fourth-order valence-electron chi connectivity index (χ4n) is 2.94. The number of hydrogen-bond acceptors (Lipinski definition) is 4. The van der Waals surface area contributed by atoms with Crippen molar-refractivity contribution in [2.75, 3.05) is 19.1 Å². The number of benzene rings is 2. The number of nitrogens with zero attached hydrogens (tertiary/aromatic N) is 1. The van der Waals surface area contributed by atoms with Crippen molar-refractivity contribution in [3.8, 4) is 11.5 Å². The molecule has 0 saturated carbocycles. The van der Waals surface area contributed by atoms with Crippen LogP contribution in [0.5, 0.6) is 11.5 Å². The molecule has 4 nitrogen and oxygen atoms in total. The minimum Gasteiger partial charge on any atom is -0.454 e. The molecule has 0 aliphatic carbocycles. The summed E-state index contributed by atoms with van der Waals surface area (Å²) in [5.74, 6) is 2.67. The van der Waals surface area contributed by atoms with E-state index in [4.69, 9.17) is 9.47 Å². The molecule has 2 aliphatic heterocycles. The molecule has 0 aromatic heterocycles. The molecule has 0 N–H and O–H groups in total. The molecule has 5 heteroatoms. The lowest BCUT2D eigenvalue weighted by atomic mass is 10.1. The second kappa shape index (κ2) is 6.16. The van der Waals surface area contributed by atoms with Gasteiger partial charge in [0, 0.05) is 12.3 Å². The minimum absolute atomic E-state index is 0.0562. The molecule has 23 heavy (non-hydrogen) atoms. The topological polar surface area (TPSA) is 38.8 Å². The first-order valence-electron chi connectivity index (χ1n) is 7.66. The Morgan fingerprint density at radius 2 is 1.96 bits per heavy atom. The van der Waals surface area contributed by atoms with Gasteiger partial charge < -0.3 is 14.4 Å². The van der Waals surface area contributed by atoms with Crippen molar-refractivity contribution < 1.29 is 14.3 Å². The Morgan fingerprint density at radius 1 is 1.13 bits per heavy atom. The van der Waals surface area contributed by atoms with Gasteiger partial charge in [-0.15, -0.1) is 11.8 Å². The van der Waals surface area contributed by atoms with Crippen molar-refractivity contribution >= 4 is 17.7 Å². The predicted octanol–water partition coefficient (Wildman–Crippen LogP) is 3.23. The summed E-state index contributed by atoms with van der Waals surface area (Å²) >= 11 is 1.80. The average molecular weight is 327 g/mol. The Morgan fingerprint density at radius 3 is 2.83 bits per heavy atom. The number of rotatable bonds is 3. The van der Waals surface area contributed by atoms with Gasteiger partial charge in [0.05, 0.1) is 6.42 Å². The van der Waals surface area contributed by atoms with Gasteiger partial charge >= 0.3 is 0 Å². The van der Waals surface area contributed by atoms with Crippen LogP contribution in [-0.4, -0.2) is 29.9 Å². The number of amides is 1. The highest BCUT2D eigenvalue weighted by Crippen LogP contribution is 2.42. The number of fused-ring (bicyclic) bond motifs is 1. The molecule has 1 saturated heterocycles. The molecule has 2 heterocycles. The zero-order valence-electron chi connectivity index (χ0n) is 12.6. The summed E-state index contributed by atoms with van der Waals surface area (Å²) in [5, 5.41) is 0.0562. The summed E-state index contributed by atoms with van der Waals surface area (Å²) in [6, 6.07) is 15.8. The van der Waals surface area contributed by atoms with E-state index in [9.17, 15) is 4.79 Å². The lowest BCUT2D eigenvalue weighted by Crippen LogP contribution is -2.31. The van der Waals surface area contributed by atoms with Gasteiger partial charge in [0.15, 0.2) is 11.5 Å². The zero-order valence-corrected chi connectivity index (χ0v) is 13.4. The van der Waals surface area contributed by atoms with Gasteiger partial charge in [-0.05, 0) is 23.3 Å². The van der Waals surface area contributed by atoms with E-state index in [0.29, 0.717) is 6.42 Å². The van der Waals surface area contributed by atoms with Crippen LogP contribution in [0.25, 0.3) is 0 Å². The van der Waals surface area contributed by atoms with Crippen molar-refractivity contribution in [2.45, 2.75) is 11.8 Å². The SMILES string of the molecule is O=C(Cc1ccccc1)N1CCSC1c1ccc2c(c1)OCO2. The second-order valence-corrected chi connectivity index (χ2v) is 6.77. The first kappa shape index (κ1) is 14.5. The number of ether oxygens (including phenoxy) is 2. The largest absolute Gasteiger partial charge is 0.454 e. The first-order chi connectivity index (χ1) is 11.3. The molecule has 0 radical (unpaired) electrons. The maximum atomic E-state index is 12.7. The fourth-order valence-corrected chi connectivity index (χ4v) is 4.21. The highest BCUT2D eigenvalue weighted by Gasteiger charge is 2.31. The van der Waals surface area contributed by atoms with Crippen molar-refractivity contribution in [3.05, 3.63) is 59.7 Å². The molecule has 1 fully saturated rings. The van der Waals surface area contributed by atoms with Gasteiger partial charge in [0.2, 0.25) is 12.7 Å². The van der Waals surface area contributed by atoms with Crippen LogP contribution >= 0.6 is 11.8 Å². The summed E-state index contributed by atoms with van der Waals surface area (Å²) in [6.45, 7) is 1.06. The van der Waals surface area contributed by atoms with Gasteiger partial charge in [0.25, 0.3) is 0 Å². The second-order valence-electron chi connectivity index (χ2n) is 5.59. The van der Waals surface area contributed by atoms with E-state index in [1.54, 1.807) is 11.8 Å².